The summed E-state index contributed by atoms with van der Waals surface area (Å²) in [6.45, 7) is 5.38. The van der Waals surface area contributed by atoms with Crippen LogP contribution in [0.2, 0.25) is 5.02 Å². The minimum Gasteiger partial charge on any atom is -0.337 e. The van der Waals surface area contributed by atoms with Crippen molar-refractivity contribution in [2.75, 3.05) is 26.2 Å². The zero-order valence-corrected chi connectivity index (χ0v) is 14.2. The van der Waals surface area contributed by atoms with E-state index in [9.17, 15) is 4.79 Å². The van der Waals surface area contributed by atoms with E-state index in [2.05, 4.69) is 20.7 Å². The second kappa shape index (κ2) is 7.55. The van der Waals surface area contributed by atoms with E-state index in [4.69, 9.17) is 11.6 Å². The van der Waals surface area contributed by atoms with Crippen LogP contribution in [0.3, 0.4) is 0 Å². The van der Waals surface area contributed by atoms with Crippen molar-refractivity contribution in [1.29, 1.82) is 0 Å². The zero-order chi connectivity index (χ0) is 16.9. The third-order valence-electron chi connectivity index (χ3n) is 3.80. The Hall–Kier alpha value is -2.25. The third kappa shape index (κ3) is 4.18. The van der Waals surface area contributed by atoms with Gasteiger partial charge in [-0.05, 0) is 41.5 Å². The molecule has 0 bridgehead atoms. The first kappa shape index (κ1) is 16.6. The van der Waals surface area contributed by atoms with Gasteiger partial charge in [0, 0.05) is 37.3 Å². The molecule has 0 unspecified atom stereocenters. The largest absolute Gasteiger partial charge is 0.337 e. The van der Waals surface area contributed by atoms with E-state index >= 15 is 0 Å². The lowest BCUT2D eigenvalue weighted by Gasteiger charge is -2.26. The monoisotopic (exact) mass is 346 g/mol. The SMILES string of the molecule is Cc1nnn(Cc2cc(Cl)ccc2C=CC(=O)N2CCNCC2)n1. The normalized spacial score (nSPS) is 15.2. The molecule has 1 aliphatic rings. The Bertz CT molecular complexity index is 751. The van der Waals surface area contributed by atoms with Crippen LogP contribution in [0.1, 0.15) is 17.0 Å². The molecule has 0 spiro atoms. The Labute approximate surface area is 145 Å². The van der Waals surface area contributed by atoms with Gasteiger partial charge in [-0.1, -0.05) is 17.7 Å². The van der Waals surface area contributed by atoms with Gasteiger partial charge in [-0.2, -0.15) is 4.80 Å². The highest BCUT2D eigenvalue weighted by Crippen LogP contribution is 2.18. The summed E-state index contributed by atoms with van der Waals surface area (Å²) >= 11 is 6.10. The van der Waals surface area contributed by atoms with Crippen molar-refractivity contribution in [3.63, 3.8) is 0 Å². The summed E-state index contributed by atoms with van der Waals surface area (Å²) in [5.41, 5.74) is 1.85. The average Bonchev–Trinajstić information content (AvgIpc) is 2.99. The Kier molecular flexibility index (Phi) is 5.22. The fourth-order valence-electron chi connectivity index (χ4n) is 2.57. The predicted molar refractivity (Wildman–Crippen MR) is 91.6 cm³/mol. The molecular weight excluding hydrogens is 328 g/mol. The van der Waals surface area contributed by atoms with Crippen LogP contribution in [0.15, 0.2) is 24.3 Å². The molecule has 2 aromatic rings. The molecule has 126 valence electrons. The summed E-state index contributed by atoms with van der Waals surface area (Å²) in [6, 6.07) is 5.55. The van der Waals surface area contributed by atoms with Crippen LogP contribution in [0, 0.1) is 6.92 Å². The molecule has 1 aromatic carbocycles. The number of piperazine rings is 1. The quantitative estimate of drug-likeness (QED) is 0.840. The molecule has 0 saturated carbocycles. The molecule has 1 aromatic heterocycles. The zero-order valence-electron chi connectivity index (χ0n) is 13.4. The summed E-state index contributed by atoms with van der Waals surface area (Å²) in [7, 11) is 0. The molecule has 1 saturated heterocycles. The summed E-state index contributed by atoms with van der Waals surface area (Å²) < 4.78 is 0. The summed E-state index contributed by atoms with van der Waals surface area (Å²) in [5.74, 6) is 0.634. The Balaban J connectivity index is 1.76. The van der Waals surface area contributed by atoms with Gasteiger partial charge in [-0.15, -0.1) is 10.2 Å². The summed E-state index contributed by atoms with van der Waals surface area (Å²) in [4.78, 5) is 15.6. The number of nitrogens with zero attached hydrogens (tertiary/aromatic N) is 5. The van der Waals surface area contributed by atoms with Crippen LogP contribution in [-0.4, -0.2) is 57.2 Å². The van der Waals surface area contributed by atoms with Crippen LogP contribution in [0.25, 0.3) is 6.08 Å². The molecular formula is C16H19ClN6O. The fraction of sp³-hybridized carbons (Fsp3) is 0.375. The minimum atomic E-state index is 0.0205. The van der Waals surface area contributed by atoms with E-state index in [1.807, 2.05) is 23.1 Å². The van der Waals surface area contributed by atoms with Crippen LogP contribution in [0.4, 0.5) is 0 Å². The van der Waals surface area contributed by atoms with Gasteiger partial charge >= 0.3 is 0 Å². The van der Waals surface area contributed by atoms with E-state index in [0.29, 0.717) is 17.4 Å². The Morgan fingerprint density at radius 1 is 1.38 bits per heavy atom. The first-order valence-electron chi connectivity index (χ1n) is 7.82. The molecule has 1 fully saturated rings. The molecule has 2 heterocycles. The van der Waals surface area contributed by atoms with Gasteiger partial charge in [0.25, 0.3) is 0 Å². The lowest BCUT2D eigenvalue weighted by Crippen LogP contribution is -2.45. The number of halogens is 1. The minimum absolute atomic E-state index is 0.0205. The number of nitrogens with one attached hydrogen (secondary N) is 1. The maximum Gasteiger partial charge on any atom is 0.246 e. The van der Waals surface area contributed by atoms with Gasteiger partial charge in [0.15, 0.2) is 5.82 Å². The van der Waals surface area contributed by atoms with E-state index in [1.165, 1.54) is 4.80 Å². The second-order valence-corrected chi connectivity index (χ2v) is 6.06. The van der Waals surface area contributed by atoms with Crippen molar-refractivity contribution in [1.82, 2.24) is 30.4 Å². The lowest BCUT2D eigenvalue weighted by molar-refractivity contribution is -0.126. The highest BCUT2D eigenvalue weighted by Gasteiger charge is 2.13. The Morgan fingerprint density at radius 2 is 2.17 bits per heavy atom. The summed E-state index contributed by atoms with van der Waals surface area (Å²) in [5, 5.41) is 15.9. The van der Waals surface area contributed by atoms with Crippen LogP contribution >= 0.6 is 11.6 Å². The first-order chi connectivity index (χ1) is 11.6. The predicted octanol–water partition coefficient (Wildman–Crippen LogP) is 1.13. The number of hydrogen-bond acceptors (Lipinski definition) is 5. The molecule has 24 heavy (non-hydrogen) atoms. The van der Waals surface area contributed by atoms with Crippen molar-refractivity contribution in [2.24, 2.45) is 0 Å². The van der Waals surface area contributed by atoms with Crippen molar-refractivity contribution < 1.29 is 4.79 Å². The van der Waals surface area contributed by atoms with Gasteiger partial charge < -0.3 is 10.2 Å². The number of tetrazole rings is 1. The first-order valence-corrected chi connectivity index (χ1v) is 8.20. The van der Waals surface area contributed by atoms with Crippen LogP contribution < -0.4 is 5.32 Å². The number of aromatic nitrogens is 4. The number of aryl methyl sites for hydroxylation is 1. The van der Waals surface area contributed by atoms with Gasteiger partial charge in [0.05, 0.1) is 6.54 Å². The van der Waals surface area contributed by atoms with Crippen molar-refractivity contribution in [3.05, 3.63) is 46.2 Å². The number of rotatable bonds is 4. The smallest absolute Gasteiger partial charge is 0.246 e. The molecule has 8 heteroatoms. The Morgan fingerprint density at radius 3 is 2.88 bits per heavy atom. The molecule has 1 amide bonds. The second-order valence-electron chi connectivity index (χ2n) is 5.62. The molecule has 7 nitrogen and oxygen atoms in total. The highest BCUT2D eigenvalue weighted by molar-refractivity contribution is 6.30. The van der Waals surface area contributed by atoms with Gasteiger partial charge in [-0.25, -0.2) is 0 Å². The number of carbonyl (C=O) groups excluding carboxylic acids is 1. The van der Waals surface area contributed by atoms with E-state index < -0.39 is 0 Å². The average molecular weight is 347 g/mol. The van der Waals surface area contributed by atoms with Crippen molar-refractivity contribution in [3.8, 4) is 0 Å². The van der Waals surface area contributed by atoms with Gasteiger partial charge in [0.1, 0.15) is 0 Å². The maximum atomic E-state index is 12.3. The molecule has 1 aliphatic heterocycles. The standard InChI is InChI=1S/C16H19ClN6O/c1-12-19-21-23(20-12)11-14-10-15(17)4-2-13(14)3-5-16(24)22-8-6-18-7-9-22/h2-5,10,18H,6-9,11H2,1H3. The topological polar surface area (TPSA) is 75.9 Å². The van der Waals surface area contributed by atoms with Gasteiger partial charge in [-0.3, -0.25) is 4.79 Å². The molecule has 0 aliphatic carbocycles. The molecule has 0 radical (unpaired) electrons. The molecule has 3 rings (SSSR count). The summed E-state index contributed by atoms with van der Waals surface area (Å²) in [6.07, 6.45) is 3.43. The van der Waals surface area contributed by atoms with Gasteiger partial charge in [0.2, 0.25) is 5.91 Å². The van der Waals surface area contributed by atoms with E-state index in [-0.39, 0.29) is 5.91 Å². The number of hydrogen-bond donors (Lipinski definition) is 1. The van der Waals surface area contributed by atoms with E-state index in [0.717, 1.165) is 37.3 Å². The highest BCUT2D eigenvalue weighted by atomic mass is 35.5. The maximum absolute atomic E-state index is 12.3. The van der Waals surface area contributed by atoms with Crippen LogP contribution in [-0.2, 0) is 11.3 Å². The third-order valence-corrected chi connectivity index (χ3v) is 4.04. The number of carbonyl (C=O) groups is 1. The van der Waals surface area contributed by atoms with Crippen LogP contribution in [0.5, 0.6) is 0 Å². The van der Waals surface area contributed by atoms with E-state index in [1.54, 1.807) is 19.1 Å². The molecule has 1 N–H and O–H groups in total. The fourth-order valence-corrected chi connectivity index (χ4v) is 2.76. The van der Waals surface area contributed by atoms with Crippen molar-refractivity contribution in [2.45, 2.75) is 13.5 Å². The number of benzene rings is 1. The number of amides is 1. The molecule has 0 atom stereocenters. The lowest BCUT2D eigenvalue weighted by atomic mass is 10.1. The van der Waals surface area contributed by atoms with Crippen molar-refractivity contribution >= 4 is 23.6 Å².